The summed E-state index contributed by atoms with van der Waals surface area (Å²) in [5.74, 6) is 0. The zero-order valence-electron chi connectivity index (χ0n) is 22.1. The minimum Gasteiger partial charge on any atom is -0.394 e. The van der Waals surface area contributed by atoms with Crippen molar-refractivity contribution in [2.75, 3.05) is 26.4 Å². The molecule has 0 saturated heterocycles. The topological polar surface area (TPSA) is 113 Å². The predicted molar refractivity (Wildman–Crippen MR) is 154 cm³/mol. The van der Waals surface area contributed by atoms with E-state index in [4.69, 9.17) is 19.5 Å². The number of hydrogen-bond acceptors (Lipinski definition) is 6. The highest BCUT2D eigenvalue weighted by Gasteiger charge is 2.05. The fourth-order valence-corrected chi connectivity index (χ4v) is 0.934. The molecule has 204 valence electrons. The lowest BCUT2D eigenvalue weighted by Gasteiger charge is -1.99. The molecule has 0 saturated carbocycles. The third-order valence-electron chi connectivity index (χ3n) is 0.822. The van der Waals surface area contributed by atoms with Crippen molar-refractivity contribution in [1.82, 2.24) is 0 Å². The average molecular weight is 501 g/mol. The van der Waals surface area contributed by atoms with Crippen molar-refractivity contribution >= 4 is 10.4 Å². The van der Waals surface area contributed by atoms with Gasteiger partial charge in [-0.2, -0.15) is 8.42 Å². The number of hydrogen-bond donors (Lipinski definition) is 3. The predicted octanol–water partition coefficient (Wildman–Crippen LogP) is 6.65. The molecule has 0 aliphatic heterocycles. The Morgan fingerprint density at radius 1 is 0.606 bits per heavy atom. The van der Waals surface area contributed by atoms with Crippen molar-refractivity contribution < 1.29 is 32.1 Å². The molecule has 0 aliphatic carbocycles. The van der Waals surface area contributed by atoms with Crippen molar-refractivity contribution in [3.05, 3.63) is 105 Å². The van der Waals surface area contributed by atoms with E-state index in [2.05, 4.69) is 109 Å². The molecule has 7 nitrogen and oxygen atoms in total. The molecule has 0 spiro atoms. The first kappa shape index (κ1) is 69.8. The third kappa shape index (κ3) is 707. The van der Waals surface area contributed by atoms with E-state index in [-0.39, 0.29) is 13.2 Å². The summed E-state index contributed by atoms with van der Waals surface area (Å²) < 4.78 is 36.3. The average Bonchev–Trinajstić information content (AvgIpc) is 2.88. The van der Waals surface area contributed by atoms with Crippen molar-refractivity contribution in [2.45, 2.75) is 33.8 Å². The molecule has 0 bridgehead atoms. The van der Waals surface area contributed by atoms with E-state index >= 15 is 0 Å². The lowest BCUT2D eigenvalue weighted by atomic mass is 10.5. The summed E-state index contributed by atoms with van der Waals surface area (Å²) in [6.45, 7) is 56.4. The second kappa shape index (κ2) is 152. The van der Waals surface area contributed by atoms with E-state index < -0.39 is 16.5 Å². The third-order valence-corrected chi connectivity index (χ3v) is 1.45. The van der Waals surface area contributed by atoms with Gasteiger partial charge in [-0.3, -0.25) is 4.55 Å². The molecule has 0 aromatic heterocycles. The van der Waals surface area contributed by atoms with Gasteiger partial charge in [0.1, 0.15) is 0 Å². The van der Waals surface area contributed by atoms with Gasteiger partial charge in [0.15, 0.2) is 0 Å². The maximum atomic E-state index is 9.78. The molecule has 0 atom stereocenters. The van der Waals surface area contributed by atoms with Gasteiger partial charge in [-0.1, -0.05) is 0 Å². The maximum absolute atomic E-state index is 9.78. The Hall–Kier alpha value is -2.33. The molecule has 3 N–H and O–H groups in total. The van der Waals surface area contributed by atoms with Gasteiger partial charge in [-0.15, -0.1) is 105 Å². The summed E-state index contributed by atoms with van der Waals surface area (Å²) in [5.41, 5.74) is 0. The van der Waals surface area contributed by atoms with Crippen LogP contribution in [0.15, 0.2) is 105 Å². The van der Waals surface area contributed by atoms with Crippen molar-refractivity contribution in [2.24, 2.45) is 0 Å². The van der Waals surface area contributed by atoms with Crippen LogP contribution in [0.25, 0.3) is 0 Å². The minimum absolute atomic E-state index is 0.125. The Bertz CT molecular complexity index is 295. The zero-order valence-corrected chi connectivity index (χ0v) is 22.9. The number of ether oxygens (including phenoxy) is 1. The summed E-state index contributed by atoms with van der Waals surface area (Å²) >= 11 is 0. The molecule has 33 heavy (non-hydrogen) atoms. The van der Waals surface area contributed by atoms with Gasteiger partial charge in [0.05, 0.1) is 19.3 Å². The van der Waals surface area contributed by atoms with Gasteiger partial charge < -0.3 is 14.9 Å². The zero-order chi connectivity index (χ0) is 30.3. The molecule has 0 fully saturated rings. The largest absolute Gasteiger partial charge is 0.397 e. The second-order valence-corrected chi connectivity index (χ2v) is 3.85. The van der Waals surface area contributed by atoms with Gasteiger partial charge in [-0.25, -0.2) is 4.18 Å². The Labute approximate surface area is 208 Å². The quantitative estimate of drug-likeness (QED) is 0.286. The molecule has 8 heteroatoms. The Kier molecular flexibility index (Phi) is 321. The van der Waals surface area contributed by atoms with Crippen molar-refractivity contribution in [1.29, 1.82) is 0 Å². The number of rotatable bonds is 5. The molecule has 0 amide bonds. The van der Waals surface area contributed by atoms with Gasteiger partial charge >= 0.3 is 10.4 Å². The number of aliphatic hydroxyl groups is 2. The van der Waals surface area contributed by atoms with E-state index in [9.17, 15) is 8.42 Å². The van der Waals surface area contributed by atoms with Crippen LogP contribution < -0.4 is 0 Å². The summed E-state index contributed by atoms with van der Waals surface area (Å²) in [4.78, 5) is 0. The highest BCUT2D eigenvalue weighted by molar-refractivity contribution is 7.80. The molecule has 0 aromatic rings. The van der Waals surface area contributed by atoms with Crippen LogP contribution in [0.3, 0.4) is 0 Å². The highest BCUT2D eigenvalue weighted by atomic mass is 32.3. The second-order valence-electron chi connectivity index (χ2n) is 2.80. The fourth-order valence-electron chi connectivity index (χ4n) is 0.447. The molecule has 0 aromatic carbocycles. The highest BCUT2D eigenvalue weighted by Crippen LogP contribution is 1.92. The summed E-state index contributed by atoms with van der Waals surface area (Å²) in [5, 5.41) is 15.2. The lowest BCUT2D eigenvalue weighted by molar-refractivity contribution is 0.162. The minimum atomic E-state index is -4.22. The molecular weight excluding hydrogens is 444 g/mol. The standard InChI is InChI=1S/C4H10O.C3H8O4S.C2H6O2.8C2H4/c1-3-5-4-2;1-3(2)7-8(4,5)6;3-1-2-4;8*1-2/h3-4H2,1-2H3;3H,1-2H3,(H,4,5,6);3-4H,1-2H2;8*1-2H2. The van der Waals surface area contributed by atoms with E-state index in [1.54, 1.807) is 0 Å². The summed E-state index contributed by atoms with van der Waals surface area (Å²) in [7, 11) is -4.22. The monoisotopic (exact) mass is 500 g/mol. The molecular formula is C25H56O7S. The Morgan fingerprint density at radius 2 is 0.788 bits per heavy atom. The first-order chi connectivity index (χ1) is 15.7. The SMILES string of the molecule is C=C.C=C.C=C.C=C.C=C.C=C.C=C.C=C.CC(C)OS(=O)(=O)O.CCOCC.OCCO. The van der Waals surface area contributed by atoms with Crippen molar-refractivity contribution in [3.8, 4) is 0 Å². The van der Waals surface area contributed by atoms with Crippen LogP contribution in [0, 0.1) is 0 Å². The fraction of sp³-hybridized carbons (Fsp3) is 0.360. The summed E-state index contributed by atoms with van der Waals surface area (Å²) in [6, 6.07) is 0. The Balaban J connectivity index is -0.0000000192. The van der Waals surface area contributed by atoms with Gasteiger partial charge in [0.2, 0.25) is 0 Å². The smallest absolute Gasteiger partial charge is 0.394 e. The molecule has 0 heterocycles. The normalized spacial score (nSPS) is 6.18. The van der Waals surface area contributed by atoms with Crippen molar-refractivity contribution in [3.63, 3.8) is 0 Å². The van der Waals surface area contributed by atoms with Gasteiger partial charge in [0, 0.05) is 13.2 Å². The first-order valence-corrected chi connectivity index (χ1v) is 10.6. The van der Waals surface area contributed by atoms with Crippen LogP contribution in [-0.4, -0.2) is 55.7 Å². The number of aliphatic hydroxyl groups excluding tert-OH is 2. The van der Waals surface area contributed by atoms with E-state index in [0.29, 0.717) is 0 Å². The van der Waals surface area contributed by atoms with Crippen LogP contribution in [0.4, 0.5) is 0 Å². The molecule has 0 rings (SSSR count). The van der Waals surface area contributed by atoms with Gasteiger partial charge in [0.25, 0.3) is 0 Å². The van der Waals surface area contributed by atoms with E-state index in [1.807, 2.05) is 13.8 Å². The lowest BCUT2D eigenvalue weighted by Crippen LogP contribution is -2.10. The van der Waals surface area contributed by atoms with E-state index in [0.717, 1.165) is 13.2 Å². The molecule has 0 radical (unpaired) electrons. The molecule has 0 aliphatic rings. The van der Waals surface area contributed by atoms with Crippen LogP contribution >= 0.6 is 0 Å². The first-order valence-electron chi connectivity index (χ1n) is 9.20. The molecule has 0 unspecified atom stereocenters. The van der Waals surface area contributed by atoms with Crippen LogP contribution in [0.5, 0.6) is 0 Å². The Morgan fingerprint density at radius 3 is 0.788 bits per heavy atom. The van der Waals surface area contributed by atoms with E-state index in [1.165, 1.54) is 13.8 Å². The van der Waals surface area contributed by atoms with Gasteiger partial charge in [-0.05, 0) is 27.7 Å². The van der Waals surface area contributed by atoms with Crippen LogP contribution in [0.1, 0.15) is 27.7 Å². The maximum Gasteiger partial charge on any atom is 0.397 e. The summed E-state index contributed by atoms with van der Waals surface area (Å²) in [6.07, 6.45) is -0.495. The van der Waals surface area contributed by atoms with Crippen LogP contribution in [0.2, 0.25) is 0 Å². The van der Waals surface area contributed by atoms with Crippen LogP contribution in [-0.2, 0) is 19.3 Å².